The zero-order valence-corrected chi connectivity index (χ0v) is 27.0. The van der Waals surface area contributed by atoms with Crippen molar-refractivity contribution in [2.24, 2.45) is 0 Å². The first kappa shape index (κ1) is 31.2. The maximum absolute atomic E-state index is 13.2. The lowest BCUT2D eigenvalue weighted by atomic mass is 10.0. The number of benzene rings is 2. The molecular weight excluding hydrogens is 571 g/mol. The number of ether oxygens (including phenoxy) is 2. The van der Waals surface area contributed by atoms with E-state index in [1.807, 2.05) is 41.0 Å². The summed E-state index contributed by atoms with van der Waals surface area (Å²) in [5.74, 6) is -0.0926. The van der Waals surface area contributed by atoms with E-state index < -0.39 is 29.3 Å². The van der Waals surface area contributed by atoms with Crippen LogP contribution < -0.4 is 5.73 Å². The number of imidazole rings is 2. The van der Waals surface area contributed by atoms with Crippen LogP contribution in [0, 0.1) is 0 Å². The number of carbonyl (C=O) groups is 1. The minimum atomic E-state index is -3.79. The molecule has 1 atom stereocenters. The molecule has 224 valence electrons. The quantitative estimate of drug-likeness (QED) is 0.133. The summed E-state index contributed by atoms with van der Waals surface area (Å²) in [5, 5.41) is -0.704. The number of nitrogens with zero attached hydrogens (tertiary/aromatic N) is 4. The lowest BCUT2D eigenvalue weighted by Gasteiger charge is -2.26. The fraction of sp³-hybridized carbons (Fsp3) is 0.367. The van der Waals surface area contributed by atoms with E-state index in [0.717, 1.165) is 15.2 Å². The molecule has 2 N–H and O–H groups in total. The van der Waals surface area contributed by atoms with Gasteiger partial charge >= 0.3 is 5.97 Å². The smallest absolute Gasteiger partial charge is 0.330 e. The number of nitrogens with two attached hydrogens (primary N) is 1. The van der Waals surface area contributed by atoms with Gasteiger partial charge in [-0.3, -0.25) is 4.57 Å². The van der Waals surface area contributed by atoms with E-state index in [2.05, 4.69) is 31.5 Å². The molecule has 0 aliphatic rings. The van der Waals surface area contributed by atoms with Crippen LogP contribution in [0.4, 0.5) is 5.95 Å². The van der Waals surface area contributed by atoms with Gasteiger partial charge < -0.3 is 15.2 Å². The first-order valence-corrected chi connectivity index (χ1v) is 19.0. The van der Waals surface area contributed by atoms with E-state index in [4.69, 9.17) is 20.2 Å². The first-order valence-electron chi connectivity index (χ1n) is 13.9. The molecule has 0 fully saturated rings. The summed E-state index contributed by atoms with van der Waals surface area (Å²) in [5.41, 5.74) is 9.84. The Hall–Kier alpha value is -3.74. The molecule has 0 saturated heterocycles. The van der Waals surface area contributed by atoms with Gasteiger partial charge in [-0.1, -0.05) is 56.0 Å². The number of nitrogen functional groups attached to an aromatic ring is 1. The molecule has 0 saturated carbocycles. The Bertz CT molecular complexity index is 1720. The number of aromatic nitrogens is 4. The molecule has 4 rings (SSSR count). The Labute approximate surface area is 248 Å². The predicted molar refractivity (Wildman–Crippen MR) is 170 cm³/mol. The van der Waals surface area contributed by atoms with Gasteiger partial charge in [-0.05, 0) is 45.9 Å². The third-order valence-electron chi connectivity index (χ3n) is 7.13. The van der Waals surface area contributed by atoms with Crippen molar-refractivity contribution >= 4 is 47.1 Å². The van der Waals surface area contributed by atoms with Gasteiger partial charge in [0.25, 0.3) is 0 Å². The molecule has 10 nitrogen and oxygen atoms in total. The third kappa shape index (κ3) is 6.35. The number of fused-ring (bicyclic) bond motifs is 1. The van der Waals surface area contributed by atoms with E-state index in [1.165, 1.54) is 6.08 Å². The van der Waals surface area contributed by atoms with Crippen LogP contribution in [0.25, 0.3) is 39.6 Å². The maximum Gasteiger partial charge on any atom is 0.330 e. The van der Waals surface area contributed by atoms with Gasteiger partial charge in [-0.2, -0.15) is 0 Å². The molecule has 0 amide bonds. The fourth-order valence-electron chi connectivity index (χ4n) is 4.29. The molecule has 1 unspecified atom stereocenters. The average molecular weight is 610 g/mol. The van der Waals surface area contributed by atoms with Gasteiger partial charge in [-0.25, -0.2) is 27.2 Å². The van der Waals surface area contributed by atoms with Crippen molar-refractivity contribution in [2.45, 2.75) is 65.0 Å². The molecule has 2 aromatic heterocycles. The van der Waals surface area contributed by atoms with E-state index in [9.17, 15) is 13.2 Å². The summed E-state index contributed by atoms with van der Waals surface area (Å²) in [7, 11) is -5.41. The monoisotopic (exact) mass is 609 g/mol. The third-order valence-corrected chi connectivity index (χ3v) is 11.8. The standard InChI is InChI=1S/C30H39N5O5SSi/c1-8-39-27(36)17-16-26-33-28(23-14-15-24-25(18-23)35(30(31)32-24)41(37,38)20(2)3)29(22-12-10-9-11-13-22)34(26)19-40-21(4)42(5,6)7/h9-18,20-21H,8,19H2,1-7H3,(H2,31,32). The van der Waals surface area contributed by atoms with Gasteiger partial charge in [0.05, 0.1) is 42.4 Å². The summed E-state index contributed by atoms with van der Waals surface area (Å²) in [4.78, 5) is 21.5. The van der Waals surface area contributed by atoms with E-state index in [1.54, 1.807) is 39.0 Å². The lowest BCUT2D eigenvalue weighted by Crippen LogP contribution is -2.38. The van der Waals surface area contributed by atoms with Gasteiger partial charge in [-0.15, -0.1) is 0 Å². The summed E-state index contributed by atoms with van der Waals surface area (Å²) in [6, 6.07) is 15.1. The summed E-state index contributed by atoms with van der Waals surface area (Å²) in [6.07, 6.45) is 2.96. The minimum absolute atomic E-state index is 0.0452. The van der Waals surface area contributed by atoms with Crippen LogP contribution in [0.3, 0.4) is 0 Å². The fourth-order valence-corrected chi connectivity index (χ4v) is 6.00. The zero-order chi connectivity index (χ0) is 30.8. The Balaban J connectivity index is 1.98. The van der Waals surface area contributed by atoms with Crippen molar-refractivity contribution in [3.8, 4) is 22.5 Å². The Morgan fingerprint density at radius 1 is 1.05 bits per heavy atom. The molecule has 2 aromatic carbocycles. The summed E-state index contributed by atoms with van der Waals surface area (Å²) >= 11 is 0. The molecule has 0 bridgehead atoms. The van der Waals surface area contributed by atoms with Crippen molar-refractivity contribution in [3.63, 3.8) is 0 Å². The SMILES string of the molecule is CCOC(=O)C=Cc1nc(-c2ccc3nc(N)n(S(=O)(=O)C(C)C)c3c2)c(-c2ccccc2)n1COC(C)[Si](C)(C)C. The predicted octanol–water partition coefficient (Wildman–Crippen LogP) is 5.55. The van der Waals surface area contributed by atoms with Crippen LogP contribution in [0.5, 0.6) is 0 Å². The van der Waals surface area contributed by atoms with Crippen LogP contribution in [0.15, 0.2) is 54.6 Å². The zero-order valence-electron chi connectivity index (χ0n) is 25.2. The first-order chi connectivity index (χ1) is 19.8. The molecule has 4 aromatic rings. The molecule has 42 heavy (non-hydrogen) atoms. The number of rotatable bonds is 11. The average Bonchev–Trinajstić information content (AvgIpc) is 3.46. The highest BCUT2D eigenvalue weighted by Crippen LogP contribution is 2.36. The van der Waals surface area contributed by atoms with Crippen LogP contribution in [0.2, 0.25) is 19.6 Å². The van der Waals surface area contributed by atoms with Gasteiger partial charge in [0.15, 0.2) is 0 Å². The highest BCUT2D eigenvalue weighted by molar-refractivity contribution is 7.90. The van der Waals surface area contributed by atoms with Gasteiger partial charge in [0.2, 0.25) is 16.0 Å². The molecule has 0 aliphatic carbocycles. The number of hydrogen-bond acceptors (Lipinski definition) is 8. The van der Waals surface area contributed by atoms with Crippen molar-refractivity contribution in [1.29, 1.82) is 0 Å². The van der Waals surface area contributed by atoms with Crippen LogP contribution in [-0.2, 0) is 31.0 Å². The molecule has 0 aliphatic heterocycles. The normalized spacial score (nSPS) is 13.3. The summed E-state index contributed by atoms with van der Waals surface area (Å²) < 4.78 is 40.9. The molecule has 12 heteroatoms. The highest BCUT2D eigenvalue weighted by Gasteiger charge is 2.27. The second-order valence-electron chi connectivity index (χ2n) is 11.4. The van der Waals surface area contributed by atoms with Crippen molar-refractivity contribution in [1.82, 2.24) is 18.5 Å². The molecule has 2 heterocycles. The number of hydrogen-bond donors (Lipinski definition) is 1. The van der Waals surface area contributed by atoms with Gasteiger partial charge in [0.1, 0.15) is 12.6 Å². The van der Waals surface area contributed by atoms with Crippen molar-refractivity contribution in [2.75, 3.05) is 12.3 Å². The minimum Gasteiger partial charge on any atom is -0.463 e. The largest absolute Gasteiger partial charge is 0.463 e. The molecule has 0 spiro atoms. The number of esters is 1. The second-order valence-corrected chi connectivity index (χ2v) is 19.3. The topological polar surface area (TPSA) is 131 Å². The van der Waals surface area contributed by atoms with Crippen LogP contribution in [-0.4, -0.2) is 58.6 Å². The van der Waals surface area contributed by atoms with Crippen molar-refractivity contribution < 1.29 is 22.7 Å². The Kier molecular flexibility index (Phi) is 9.09. The lowest BCUT2D eigenvalue weighted by molar-refractivity contribution is -0.137. The van der Waals surface area contributed by atoms with E-state index in [0.29, 0.717) is 28.1 Å². The summed E-state index contributed by atoms with van der Waals surface area (Å²) in [6.45, 7) is 14.2. The van der Waals surface area contributed by atoms with Crippen LogP contribution in [0.1, 0.15) is 33.5 Å². The van der Waals surface area contributed by atoms with Crippen molar-refractivity contribution in [3.05, 3.63) is 60.4 Å². The second kappa shape index (κ2) is 12.2. The Morgan fingerprint density at radius 3 is 2.36 bits per heavy atom. The Morgan fingerprint density at radius 2 is 1.74 bits per heavy atom. The van der Waals surface area contributed by atoms with E-state index >= 15 is 0 Å². The molecule has 0 radical (unpaired) electrons. The van der Waals surface area contributed by atoms with Crippen LogP contribution >= 0.6 is 0 Å². The maximum atomic E-state index is 13.2. The number of carbonyl (C=O) groups excluding carboxylic acids is 1. The molecular formula is C30H39N5O5SSi. The highest BCUT2D eigenvalue weighted by atomic mass is 32.2. The van der Waals surface area contributed by atoms with E-state index in [-0.39, 0.29) is 25.0 Å². The van der Waals surface area contributed by atoms with Gasteiger partial charge in [0, 0.05) is 22.9 Å². The number of anilines is 1.